The van der Waals surface area contributed by atoms with Crippen LogP contribution < -0.4 is 0 Å². The lowest BCUT2D eigenvalue weighted by Crippen LogP contribution is -2.19. The van der Waals surface area contributed by atoms with E-state index < -0.39 is 12.1 Å². The molecule has 0 saturated carbocycles. The summed E-state index contributed by atoms with van der Waals surface area (Å²) in [4.78, 5) is 10.6. The minimum atomic E-state index is -0.900. The number of aryl methyl sites for hydroxylation is 1. The summed E-state index contributed by atoms with van der Waals surface area (Å²) in [7, 11) is 1.76. The number of aliphatic carboxylic acids is 1. The van der Waals surface area contributed by atoms with Crippen molar-refractivity contribution in [2.75, 3.05) is 0 Å². The molecule has 0 aromatic carbocycles. The smallest absolute Gasteiger partial charge is 0.332 e. The van der Waals surface area contributed by atoms with E-state index in [9.17, 15) is 4.79 Å². The standard InChI is InChI=1S/C8H11N3O3/c1-11-5(4-9-10-11)6-2-3-7(14-6)8(12)13/h4,6-7H,2-3H2,1H3,(H,12,13). The molecule has 0 radical (unpaired) electrons. The minimum absolute atomic E-state index is 0.184. The summed E-state index contributed by atoms with van der Waals surface area (Å²) in [6.07, 6.45) is 1.99. The molecule has 0 aliphatic carbocycles. The molecule has 0 bridgehead atoms. The minimum Gasteiger partial charge on any atom is -0.479 e. The summed E-state index contributed by atoms with van der Waals surface area (Å²) in [6.45, 7) is 0. The number of carbonyl (C=O) groups is 1. The van der Waals surface area contributed by atoms with E-state index >= 15 is 0 Å². The van der Waals surface area contributed by atoms with Gasteiger partial charge in [-0.25, -0.2) is 9.48 Å². The molecule has 0 amide bonds. The Morgan fingerprint density at radius 1 is 1.71 bits per heavy atom. The monoisotopic (exact) mass is 197 g/mol. The van der Waals surface area contributed by atoms with Gasteiger partial charge >= 0.3 is 5.97 Å². The van der Waals surface area contributed by atoms with E-state index in [1.165, 1.54) is 0 Å². The topological polar surface area (TPSA) is 77.2 Å². The average Bonchev–Trinajstić information content (AvgIpc) is 2.71. The predicted molar refractivity (Wildman–Crippen MR) is 45.5 cm³/mol. The lowest BCUT2D eigenvalue weighted by Gasteiger charge is -2.09. The molecule has 76 valence electrons. The van der Waals surface area contributed by atoms with Gasteiger partial charge in [0.2, 0.25) is 0 Å². The summed E-state index contributed by atoms with van der Waals surface area (Å²) >= 11 is 0. The Balaban J connectivity index is 2.10. The van der Waals surface area contributed by atoms with Gasteiger partial charge in [0.15, 0.2) is 6.10 Å². The number of hydrogen-bond acceptors (Lipinski definition) is 4. The number of carboxylic acid groups (broad SMARTS) is 1. The van der Waals surface area contributed by atoms with Crippen LogP contribution in [-0.4, -0.2) is 32.2 Å². The Morgan fingerprint density at radius 2 is 2.50 bits per heavy atom. The van der Waals surface area contributed by atoms with Gasteiger partial charge in [-0.1, -0.05) is 5.21 Å². The number of carboxylic acids is 1. The number of aromatic nitrogens is 3. The number of rotatable bonds is 2. The van der Waals surface area contributed by atoms with Crippen molar-refractivity contribution in [1.29, 1.82) is 0 Å². The first-order valence-electron chi connectivity index (χ1n) is 4.41. The normalized spacial score (nSPS) is 26.6. The molecule has 1 saturated heterocycles. The zero-order valence-corrected chi connectivity index (χ0v) is 7.75. The second-order valence-corrected chi connectivity index (χ2v) is 3.31. The van der Waals surface area contributed by atoms with Crippen molar-refractivity contribution in [2.24, 2.45) is 7.05 Å². The van der Waals surface area contributed by atoms with Gasteiger partial charge in [0.1, 0.15) is 6.10 Å². The Labute approximate surface area is 80.5 Å². The maximum absolute atomic E-state index is 10.6. The molecular weight excluding hydrogens is 186 g/mol. The van der Waals surface area contributed by atoms with Crippen LogP contribution in [0.25, 0.3) is 0 Å². The Hall–Kier alpha value is -1.43. The van der Waals surface area contributed by atoms with E-state index in [0.717, 1.165) is 5.69 Å². The summed E-state index contributed by atoms with van der Waals surface area (Å²) in [5.74, 6) is -0.900. The lowest BCUT2D eigenvalue weighted by molar-refractivity contribution is -0.149. The van der Waals surface area contributed by atoms with Crippen LogP contribution in [0.4, 0.5) is 0 Å². The predicted octanol–water partition coefficient (Wildman–Crippen LogP) is 0.120. The SMILES string of the molecule is Cn1nncc1C1CCC(C(=O)O)O1. The van der Waals surface area contributed by atoms with Crippen molar-refractivity contribution >= 4 is 5.97 Å². The summed E-state index contributed by atoms with van der Waals surface area (Å²) in [5.41, 5.74) is 0.828. The molecule has 2 atom stereocenters. The van der Waals surface area contributed by atoms with Crippen molar-refractivity contribution in [3.63, 3.8) is 0 Å². The zero-order valence-electron chi connectivity index (χ0n) is 7.75. The quantitative estimate of drug-likeness (QED) is 0.728. The fourth-order valence-corrected chi connectivity index (χ4v) is 1.63. The highest BCUT2D eigenvalue weighted by molar-refractivity contribution is 5.72. The molecule has 1 aromatic heterocycles. The molecule has 6 heteroatoms. The van der Waals surface area contributed by atoms with Crippen LogP contribution in [0.15, 0.2) is 6.20 Å². The van der Waals surface area contributed by atoms with Crippen LogP contribution in [-0.2, 0) is 16.6 Å². The molecular formula is C8H11N3O3. The maximum atomic E-state index is 10.6. The van der Waals surface area contributed by atoms with E-state index in [0.29, 0.717) is 12.8 Å². The average molecular weight is 197 g/mol. The third kappa shape index (κ3) is 1.48. The van der Waals surface area contributed by atoms with Crippen LogP contribution >= 0.6 is 0 Å². The lowest BCUT2D eigenvalue weighted by atomic mass is 10.1. The molecule has 1 aliphatic rings. The molecule has 6 nitrogen and oxygen atoms in total. The number of ether oxygens (including phenoxy) is 1. The van der Waals surface area contributed by atoms with Crippen LogP contribution in [0.3, 0.4) is 0 Å². The summed E-state index contributed by atoms with van der Waals surface area (Å²) < 4.78 is 6.95. The van der Waals surface area contributed by atoms with Gasteiger partial charge in [-0.2, -0.15) is 0 Å². The third-order valence-electron chi connectivity index (χ3n) is 2.37. The van der Waals surface area contributed by atoms with Gasteiger partial charge in [0.05, 0.1) is 11.9 Å². The van der Waals surface area contributed by atoms with Gasteiger partial charge in [-0.15, -0.1) is 5.10 Å². The molecule has 2 rings (SSSR count). The van der Waals surface area contributed by atoms with Crippen molar-refractivity contribution in [2.45, 2.75) is 25.0 Å². The van der Waals surface area contributed by atoms with Gasteiger partial charge < -0.3 is 9.84 Å². The maximum Gasteiger partial charge on any atom is 0.332 e. The van der Waals surface area contributed by atoms with E-state index in [1.807, 2.05) is 0 Å². The highest BCUT2D eigenvalue weighted by Gasteiger charge is 2.32. The van der Waals surface area contributed by atoms with Crippen LogP contribution in [0.5, 0.6) is 0 Å². The fraction of sp³-hybridized carbons (Fsp3) is 0.625. The van der Waals surface area contributed by atoms with E-state index in [2.05, 4.69) is 10.3 Å². The first-order valence-corrected chi connectivity index (χ1v) is 4.41. The molecule has 1 aromatic rings. The Kier molecular flexibility index (Phi) is 2.20. The fourth-order valence-electron chi connectivity index (χ4n) is 1.63. The number of hydrogen-bond donors (Lipinski definition) is 1. The Bertz CT molecular complexity index is 349. The van der Waals surface area contributed by atoms with Crippen LogP contribution in [0.1, 0.15) is 24.6 Å². The summed E-state index contributed by atoms with van der Waals surface area (Å²) in [6, 6.07) is 0. The first-order chi connectivity index (χ1) is 6.68. The molecule has 1 fully saturated rings. The van der Waals surface area contributed by atoms with Crippen LogP contribution in [0, 0.1) is 0 Å². The molecule has 2 unspecified atom stereocenters. The molecule has 14 heavy (non-hydrogen) atoms. The van der Waals surface area contributed by atoms with Crippen LogP contribution in [0.2, 0.25) is 0 Å². The molecule has 0 spiro atoms. The van der Waals surface area contributed by atoms with Crippen molar-refractivity contribution in [3.8, 4) is 0 Å². The van der Waals surface area contributed by atoms with Crippen molar-refractivity contribution in [1.82, 2.24) is 15.0 Å². The largest absolute Gasteiger partial charge is 0.479 e. The highest BCUT2D eigenvalue weighted by atomic mass is 16.5. The molecule has 2 heterocycles. The van der Waals surface area contributed by atoms with Gasteiger partial charge in [0, 0.05) is 7.05 Å². The van der Waals surface area contributed by atoms with Gasteiger partial charge in [-0.3, -0.25) is 0 Å². The summed E-state index contributed by atoms with van der Waals surface area (Å²) in [5, 5.41) is 16.2. The third-order valence-corrected chi connectivity index (χ3v) is 2.37. The van der Waals surface area contributed by atoms with E-state index in [-0.39, 0.29) is 6.10 Å². The zero-order chi connectivity index (χ0) is 10.1. The van der Waals surface area contributed by atoms with E-state index in [4.69, 9.17) is 9.84 Å². The first kappa shape index (κ1) is 9.14. The van der Waals surface area contributed by atoms with Gasteiger partial charge in [-0.05, 0) is 12.8 Å². The van der Waals surface area contributed by atoms with Crippen molar-refractivity contribution < 1.29 is 14.6 Å². The van der Waals surface area contributed by atoms with Crippen molar-refractivity contribution in [3.05, 3.63) is 11.9 Å². The second kappa shape index (κ2) is 3.38. The molecule has 1 aliphatic heterocycles. The highest BCUT2D eigenvalue weighted by Crippen LogP contribution is 2.31. The van der Waals surface area contributed by atoms with E-state index in [1.54, 1.807) is 17.9 Å². The molecule has 1 N–H and O–H groups in total. The Morgan fingerprint density at radius 3 is 3.00 bits per heavy atom. The second-order valence-electron chi connectivity index (χ2n) is 3.31. The van der Waals surface area contributed by atoms with Gasteiger partial charge in [0.25, 0.3) is 0 Å². The number of nitrogens with zero attached hydrogens (tertiary/aromatic N) is 3.